The van der Waals surface area contributed by atoms with Gasteiger partial charge in [-0.15, -0.1) is 11.3 Å². The number of nitrogens with zero attached hydrogens (tertiary/aromatic N) is 4. The van der Waals surface area contributed by atoms with Crippen molar-refractivity contribution in [3.05, 3.63) is 52.5 Å². The lowest BCUT2D eigenvalue weighted by molar-refractivity contribution is -0.148. The molecule has 0 radical (unpaired) electrons. The highest BCUT2D eigenvalue weighted by atomic mass is 32.1. The third-order valence-corrected chi connectivity index (χ3v) is 13.0. The van der Waals surface area contributed by atoms with Crippen LogP contribution in [-0.4, -0.2) is 141 Å². The van der Waals surface area contributed by atoms with E-state index in [1.807, 2.05) is 94.1 Å². The van der Waals surface area contributed by atoms with Crippen LogP contribution >= 0.6 is 11.3 Å². The second-order valence-electron chi connectivity index (χ2n) is 17.1. The summed E-state index contributed by atoms with van der Waals surface area (Å²) in [5.41, 5.74) is 1.09. The largest absolute Gasteiger partial charge is 0.379 e. The van der Waals surface area contributed by atoms with Crippen molar-refractivity contribution < 1.29 is 38.2 Å². The molecule has 9 atom stereocenters. The number of nitrogens with two attached hydrogens (primary N) is 1. The minimum absolute atomic E-state index is 0.0260. The lowest BCUT2D eigenvalue weighted by Gasteiger charge is -2.41. The first-order valence-corrected chi connectivity index (χ1v) is 22.7. The molecule has 1 aromatic carbocycles. The summed E-state index contributed by atoms with van der Waals surface area (Å²) >= 11 is 1.50. The zero-order chi connectivity index (χ0) is 45.2. The molecule has 0 bridgehead atoms. The van der Waals surface area contributed by atoms with Crippen LogP contribution in [0.2, 0.25) is 0 Å². The van der Waals surface area contributed by atoms with E-state index >= 15 is 0 Å². The predicted octanol–water partition coefficient (Wildman–Crippen LogP) is 4.47. The van der Waals surface area contributed by atoms with Crippen LogP contribution in [0.25, 0.3) is 0 Å². The van der Waals surface area contributed by atoms with Crippen molar-refractivity contribution in [1.29, 1.82) is 0 Å². The number of likely N-dealkylation sites (N-methyl/N-ethyl adjacent to an activating group) is 2. The van der Waals surface area contributed by atoms with E-state index in [1.54, 1.807) is 32.4 Å². The normalized spacial score (nSPS) is 18.3. The molecule has 0 aliphatic carbocycles. The minimum atomic E-state index is -0.814. The van der Waals surface area contributed by atoms with Gasteiger partial charge < -0.3 is 39.5 Å². The van der Waals surface area contributed by atoms with Gasteiger partial charge in [0.15, 0.2) is 0 Å². The number of hydrogen-bond acceptors (Lipinski definition) is 12. The van der Waals surface area contributed by atoms with Gasteiger partial charge in [0.2, 0.25) is 23.6 Å². The summed E-state index contributed by atoms with van der Waals surface area (Å²) in [5.74, 6) is 3.43. The van der Waals surface area contributed by atoms with Crippen molar-refractivity contribution in [2.75, 3.05) is 61.2 Å². The Labute approximate surface area is 368 Å². The first-order valence-electron chi connectivity index (χ1n) is 21.9. The highest BCUT2D eigenvalue weighted by Crippen LogP contribution is 2.30. The van der Waals surface area contributed by atoms with Crippen LogP contribution in [0.5, 0.6) is 0 Å². The van der Waals surface area contributed by atoms with E-state index in [0.717, 1.165) is 23.4 Å². The third kappa shape index (κ3) is 14.8. The van der Waals surface area contributed by atoms with Gasteiger partial charge >= 0.3 is 0 Å². The number of methoxy groups -OCH3 is 2. The molecule has 2 heterocycles. The maximum absolute atomic E-state index is 14.5. The second kappa shape index (κ2) is 26.2. The van der Waals surface area contributed by atoms with Gasteiger partial charge in [-0.25, -0.2) is 10.9 Å². The summed E-state index contributed by atoms with van der Waals surface area (Å²) in [4.78, 5) is 71.3. The second-order valence-corrected chi connectivity index (χ2v) is 18.0. The van der Waals surface area contributed by atoms with E-state index in [9.17, 15) is 19.2 Å². The maximum Gasteiger partial charge on any atom is 0.245 e. The van der Waals surface area contributed by atoms with Gasteiger partial charge in [0.25, 0.3) is 0 Å². The van der Waals surface area contributed by atoms with E-state index in [4.69, 9.17) is 20.1 Å². The first kappa shape index (κ1) is 51.8. The summed E-state index contributed by atoms with van der Waals surface area (Å²) < 4.78 is 17.7. The molecule has 1 fully saturated rings. The Bertz CT molecular complexity index is 1600. The molecule has 344 valence electrons. The summed E-state index contributed by atoms with van der Waals surface area (Å²) in [6.07, 6.45) is 3.34. The quantitative estimate of drug-likeness (QED) is 0.0853. The number of rotatable bonds is 27. The fourth-order valence-electron chi connectivity index (χ4n) is 8.61. The zero-order valence-electron chi connectivity index (χ0n) is 38.5. The fourth-order valence-corrected chi connectivity index (χ4v) is 9.30. The lowest BCUT2D eigenvalue weighted by Crippen LogP contribution is -2.60. The Morgan fingerprint density at radius 2 is 1.66 bits per heavy atom. The van der Waals surface area contributed by atoms with Crippen LogP contribution in [-0.2, 0) is 44.6 Å². The molecule has 1 aliphatic rings. The predicted molar refractivity (Wildman–Crippen MR) is 238 cm³/mol. The summed E-state index contributed by atoms with van der Waals surface area (Å²) in [6.45, 7) is 15.8. The van der Waals surface area contributed by atoms with Crippen molar-refractivity contribution in [3.63, 3.8) is 0 Å². The zero-order valence-corrected chi connectivity index (χ0v) is 39.3. The molecule has 15 nitrogen and oxygen atoms in total. The summed E-state index contributed by atoms with van der Waals surface area (Å²) in [5, 5.41) is 9.05. The van der Waals surface area contributed by atoms with Gasteiger partial charge in [0.05, 0.1) is 68.5 Å². The van der Waals surface area contributed by atoms with E-state index in [0.29, 0.717) is 39.1 Å². The fraction of sp³-hybridized carbons (Fsp3) is 0.711. The highest BCUT2D eigenvalue weighted by Gasteiger charge is 2.43. The van der Waals surface area contributed by atoms with Crippen molar-refractivity contribution in [2.24, 2.45) is 29.6 Å². The number of hydrogen-bond donors (Lipinski definition) is 3. The molecular weight excluding hydrogens is 799 g/mol. The molecule has 2 aromatic rings. The van der Waals surface area contributed by atoms with E-state index < -0.39 is 36.3 Å². The third-order valence-electron chi connectivity index (χ3n) is 12.1. The molecule has 16 heteroatoms. The van der Waals surface area contributed by atoms with Gasteiger partial charge in [-0.1, -0.05) is 85.2 Å². The van der Waals surface area contributed by atoms with Crippen LogP contribution in [0.3, 0.4) is 0 Å². The standard InChI is InChI=1S/C45H75N7O8S/c1-12-31(6)40(51(9)45(56)38(29(2)3)49-43(55)39(30(4)5)50(8)22-23-59-24-25-60-46)36(57-10)28-37(53)52-21-16-19-35(52)41(58-11)32(7)42(54)48-34(44-47-20-26-61-44)27-33-17-14-13-15-18-33/h13-15,17-18,20,26,29-32,34-36,38-41H,12,16,19,21-25,27-28,46H2,1-11H3,(H,48,54)(H,49,55)/t31-,32+,34-,35-,36+,38-,39?,40-,41+/m0/s1. The summed E-state index contributed by atoms with van der Waals surface area (Å²) in [7, 11) is 6.77. The van der Waals surface area contributed by atoms with Gasteiger partial charge in [-0.2, -0.15) is 0 Å². The number of ether oxygens (including phenoxy) is 3. The molecule has 4 amide bonds. The van der Waals surface area contributed by atoms with Crippen molar-refractivity contribution in [3.8, 4) is 0 Å². The van der Waals surface area contributed by atoms with Crippen molar-refractivity contribution in [2.45, 2.75) is 123 Å². The van der Waals surface area contributed by atoms with E-state index in [2.05, 4.69) is 27.4 Å². The average Bonchev–Trinajstić information content (AvgIpc) is 3.96. The molecule has 4 N–H and O–H groups in total. The topological polar surface area (TPSA) is 178 Å². The molecule has 1 unspecified atom stereocenters. The Hall–Kier alpha value is -3.51. The molecule has 3 rings (SSSR count). The van der Waals surface area contributed by atoms with E-state index in [-0.39, 0.29) is 66.5 Å². The number of aromatic nitrogens is 1. The number of carbonyl (C=O) groups excluding carboxylic acids is 4. The molecule has 1 aromatic heterocycles. The van der Waals surface area contributed by atoms with Crippen LogP contribution in [0.4, 0.5) is 0 Å². The van der Waals surface area contributed by atoms with Crippen LogP contribution < -0.4 is 16.5 Å². The first-order chi connectivity index (χ1) is 29.1. The molecule has 1 aliphatic heterocycles. The number of nitrogens with one attached hydrogen (secondary N) is 2. The van der Waals surface area contributed by atoms with Gasteiger partial charge in [-0.3, -0.25) is 24.1 Å². The average molecular weight is 874 g/mol. The number of likely N-dealkylation sites (tertiary alicyclic amines) is 1. The van der Waals surface area contributed by atoms with Gasteiger partial charge in [0, 0.05) is 45.9 Å². The Balaban J connectivity index is 1.76. The lowest BCUT2D eigenvalue weighted by atomic mass is 9.89. The maximum atomic E-state index is 14.5. The molecule has 0 saturated carbocycles. The number of amides is 4. The number of carbonyl (C=O) groups is 4. The highest BCUT2D eigenvalue weighted by molar-refractivity contribution is 7.09. The SMILES string of the molecule is CC[C@H](C)[C@@H]([C@@H](CC(=O)N1CCC[C@H]1[C@H](OC)[C@@H](C)C(=O)N[C@@H](Cc1ccccc1)c1nccs1)OC)N(C)C(=O)[C@@H](NC(=O)C(C(C)C)N(C)CCOCCON)C(C)C. The molecule has 0 spiro atoms. The van der Waals surface area contributed by atoms with Crippen LogP contribution in [0.1, 0.15) is 90.8 Å². The van der Waals surface area contributed by atoms with Gasteiger partial charge in [0.1, 0.15) is 11.0 Å². The minimum Gasteiger partial charge on any atom is -0.379 e. The molecule has 1 saturated heterocycles. The molecular formula is C45H75N7O8S. The van der Waals surface area contributed by atoms with Crippen LogP contribution in [0.15, 0.2) is 41.9 Å². The number of thiazole rings is 1. The summed E-state index contributed by atoms with van der Waals surface area (Å²) in [6, 6.07) is 7.56. The Kier molecular flexibility index (Phi) is 22.3. The smallest absolute Gasteiger partial charge is 0.245 e. The monoisotopic (exact) mass is 874 g/mol. The number of benzene rings is 1. The molecule has 61 heavy (non-hydrogen) atoms. The Morgan fingerprint density at radius 1 is 0.951 bits per heavy atom. The van der Waals surface area contributed by atoms with Crippen LogP contribution in [0, 0.1) is 23.7 Å². The van der Waals surface area contributed by atoms with E-state index in [1.165, 1.54) is 11.3 Å². The van der Waals surface area contributed by atoms with Crippen molar-refractivity contribution >= 4 is 35.0 Å². The Morgan fingerprint density at radius 3 is 2.23 bits per heavy atom. The van der Waals surface area contributed by atoms with Crippen molar-refractivity contribution in [1.82, 2.24) is 30.3 Å². The van der Waals surface area contributed by atoms with Gasteiger partial charge in [-0.05, 0) is 49.6 Å².